The molecule has 0 bridgehead atoms. The van der Waals surface area contributed by atoms with Crippen LogP contribution in [0.5, 0.6) is 11.5 Å². The Bertz CT molecular complexity index is 1470. The molecule has 0 fully saturated rings. The summed E-state index contributed by atoms with van der Waals surface area (Å²) in [6.45, 7) is 1.25. The van der Waals surface area contributed by atoms with Gasteiger partial charge < -0.3 is 19.6 Å². The predicted molar refractivity (Wildman–Crippen MR) is 143 cm³/mol. The molecule has 0 atom stereocenters. The van der Waals surface area contributed by atoms with E-state index in [4.69, 9.17) is 14.5 Å². The van der Waals surface area contributed by atoms with Crippen LogP contribution in [0.3, 0.4) is 0 Å². The van der Waals surface area contributed by atoms with Gasteiger partial charge in [0, 0.05) is 39.2 Å². The molecule has 2 aliphatic heterocycles. The molecule has 0 amide bonds. The smallest absolute Gasteiger partial charge is 0.278 e. The number of benzene rings is 3. The molecule has 2 heterocycles. The number of H-pyrrole nitrogens is 1. The molecule has 7 nitrogen and oxygen atoms in total. The molecule has 0 saturated carbocycles. The number of methoxy groups -OCH3 is 1. The minimum Gasteiger partial charge on any atom is -0.508 e. The van der Waals surface area contributed by atoms with Gasteiger partial charge in [-0.2, -0.15) is 0 Å². The van der Waals surface area contributed by atoms with E-state index in [-0.39, 0.29) is 11.3 Å². The van der Waals surface area contributed by atoms with Crippen molar-refractivity contribution in [2.24, 2.45) is 0 Å². The highest BCUT2D eigenvalue weighted by Crippen LogP contribution is 2.25. The fourth-order valence-electron chi connectivity index (χ4n) is 4.29. The molecule has 3 aromatic rings. The van der Waals surface area contributed by atoms with Gasteiger partial charge in [-0.1, -0.05) is 42.5 Å². The van der Waals surface area contributed by atoms with Gasteiger partial charge in [-0.3, -0.25) is 9.36 Å². The number of ether oxygens (including phenoxy) is 2. The molecule has 0 radical (unpaired) electrons. The van der Waals surface area contributed by atoms with Crippen molar-refractivity contribution in [2.75, 3.05) is 20.3 Å². The van der Waals surface area contributed by atoms with E-state index in [1.54, 1.807) is 35.9 Å². The van der Waals surface area contributed by atoms with Crippen molar-refractivity contribution >= 4 is 0 Å². The number of fused-ring (bicyclic) bond motifs is 1. The number of hydrogen-bond donors (Lipinski definition) is 2. The summed E-state index contributed by atoms with van der Waals surface area (Å²) in [6.07, 6.45) is 3.63. The zero-order chi connectivity index (χ0) is 25.6. The van der Waals surface area contributed by atoms with E-state index in [2.05, 4.69) is 17.1 Å². The minimum atomic E-state index is -0.147. The fraction of sp³-hybridized carbons (Fsp3) is 0.200. The van der Waals surface area contributed by atoms with Crippen LogP contribution in [0.2, 0.25) is 0 Å². The standard InChI is InChI=1S/C30H29N3O4/c1-36-16-5-17-37-25-14-10-23(11-15-25)28-20-33-29(26(31-28)18-21-6-3-2-4-7-21)32-27(30(33)35)19-22-8-12-24(34)13-9-22/h2-4,6-15,20,31,34H,5,16-19H2,1H3. The second-order valence-electron chi connectivity index (χ2n) is 8.93. The van der Waals surface area contributed by atoms with Crippen LogP contribution >= 0.6 is 0 Å². The molecule has 2 aliphatic rings. The van der Waals surface area contributed by atoms with Crippen LogP contribution in [0.15, 0.2) is 89.9 Å². The zero-order valence-electron chi connectivity index (χ0n) is 20.7. The normalized spacial score (nSPS) is 11.2. The lowest BCUT2D eigenvalue weighted by molar-refractivity contribution is 0.172. The molecule has 2 N–H and O–H groups in total. The zero-order valence-corrected chi connectivity index (χ0v) is 20.7. The van der Waals surface area contributed by atoms with Gasteiger partial charge in [0.25, 0.3) is 5.56 Å². The van der Waals surface area contributed by atoms with Crippen LogP contribution < -0.4 is 10.3 Å². The topological polar surface area (TPSA) is 89.4 Å². The lowest BCUT2D eigenvalue weighted by atomic mass is 10.1. The molecule has 0 unspecified atom stereocenters. The SMILES string of the molecule is COCCCOc1ccc(-c2cn3c(=O)c(Cc4ccc(O)cc4)nc-3c(Cc3ccccc3)[nH]2)cc1. The highest BCUT2D eigenvalue weighted by Gasteiger charge is 2.20. The summed E-state index contributed by atoms with van der Waals surface area (Å²) < 4.78 is 12.5. The maximum absolute atomic E-state index is 13.4. The summed E-state index contributed by atoms with van der Waals surface area (Å²) in [4.78, 5) is 21.7. The molecule has 3 aromatic carbocycles. The third-order valence-electron chi connectivity index (χ3n) is 6.21. The van der Waals surface area contributed by atoms with Crippen LogP contribution in [0.25, 0.3) is 17.1 Å². The Morgan fingerprint density at radius 1 is 0.892 bits per heavy atom. The number of hydrogen-bond acceptors (Lipinski definition) is 5. The van der Waals surface area contributed by atoms with E-state index in [0.29, 0.717) is 37.6 Å². The number of aromatic hydroxyl groups is 1. The Kier molecular flexibility index (Phi) is 7.33. The maximum Gasteiger partial charge on any atom is 0.278 e. The van der Waals surface area contributed by atoms with Gasteiger partial charge in [0.15, 0.2) is 5.82 Å². The average molecular weight is 496 g/mol. The minimum absolute atomic E-state index is 0.147. The van der Waals surface area contributed by atoms with Crippen molar-refractivity contribution in [3.05, 3.63) is 118 Å². The first kappa shape index (κ1) is 24.3. The summed E-state index contributed by atoms with van der Waals surface area (Å²) in [7, 11) is 1.68. The first-order valence-corrected chi connectivity index (χ1v) is 12.3. The monoisotopic (exact) mass is 495 g/mol. The highest BCUT2D eigenvalue weighted by molar-refractivity contribution is 5.61. The van der Waals surface area contributed by atoms with Crippen molar-refractivity contribution in [2.45, 2.75) is 19.3 Å². The third-order valence-corrected chi connectivity index (χ3v) is 6.21. The van der Waals surface area contributed by atoms with Gasteiger partial charge in [0.1, 0.15) is 17.2 Å². The molecule has 37 heavy (non-hydrogen) atoms. The largest absolute Gasteiger partial charge is 0.508 e. The van der Waals surface area contributed by atoms with Crippen LogP contribution in [-0.2, 0) is 17.6 Å². The van der Waals surface area contributed by atoms with Crippen molar-refractivity contribution in [1.82, 2.24) is 14.5 Å². The average Bonchev–Trinajstić information content (AvgIpc) is 3.24. The summed E-state index contributed by atoms with van der Waals surface area (Å²) in [5, 5.41) is 9.59. The summed E-state index contributed by atoms with van der Waals surface area (Å²) in [5.74, 6) is 1.59. The Morgan fingerprint density at radius 3 is 2.35 bits per heavy atom. The number of nitrogens with zero attached hydrogens (tertiary/aromatic N) is 2. The molecule has 0 aromatic heterocycles. The van der Waals surface area contributed by atoms with Crippen LogP contribution in [0.1, 0.15) is 28.9 Å². The van der Waals surface area contributed by atoms with Gasteiger partial charge >= 0.3 is 0 Å². The van der Waals surface area contributed by atoms with Crippen molar-refractivity contribution in [1.29, 1.82) is 0 Å². The second-order valence-corrected chi connectivity index (χ2v) is 8.93. The van der Waals surface area contributed by atoms with E-state index in [0.717, 1.165) is 40.2 Å². The number of imidazole rings is 1. The van der Waals surface area contributed by atoms with E-state index in [9.17, 15) is 9.90 Å². The Labute approximate surface area is 215 Å². The van der Waals surface area contributed by atoms with Gasteiger partial charge in [0.05, 0.1) is 18.0 Å². The number of rotatable bonds is 10. The van der Waals surface area contributed by atoms with Gasteiger partial charge in [0.2, 0.25) is 0 Å². The van der Waals surface area contributed by atoms with Crippen LogP contribution in [-0.4, -0.2) is 40.0 Å². The fourth-order valence-corrected chi connectivity index (χ4v) is 4.29. The van der Waals surface area contributed by atoms with Gasteiger partial charge in [-0.05, 0) is 53.1 Å². The lowest BCUT2D eigenvalue weighted by Crippen LogP contribution is -2.17. The second kappa shape index (κ2) is 11.1. The number of nitrogens with one attached hydrogen (secondary N) is 1. The van der Waals surface area contributed by atoms with Gasteiger partial charge in [-0.25, -0.2) is 4.98 Å². The molecule has 0 aliphatic carbocycles. The number of phenolic OH excluding ortho intramolecular Hbond substituents is 1. The van der Waals surface area contributed by atoms with E-state index < -0.39 is 0 Å². The third kappa shape index (κ3) is 5.73. The molecular weight excluding hydrogens is 466 g/mol. The quantitative estimate of drug-likeness (QED) is 0.267. The predicted octanol–water partition coefficient (Wildman–Crippen LogP) is 4.97. The van der Waals surface area contributed by atoms with Gasteiger partial charge in [-0.15, -0.1) is 0 Å². The number of phenols is 1. The Morgan fingerprint density at radius 2 is 1.62 bits per heavy atom. The number of aromatic amines is 1. The first-order valence-electron chi connectivity index (χ1n) is 12.3. The van der Waals surface area contributed by atoms with Crippen molar-refractivity contribution in [3.63, 3.8) is 0 Å². The summed E-state index contributed by atoms with van der Waals surface area (Å²) in [6, 6.07) is 24.8. The van der Waals surface area contributed by atoms with E-state index in [1.165, 1.54) is 0 Å². The van der Waals surface area contributed by atoms with Crippen LogP contribution in [0, 0.1) is 0 Å². The number of aromatic nitrogens is 3. The summed E-state index contributed by atoms with van der Waals surface area (Å²) in [5.41, 5.74) is 4.96. The molecular formula is C30H29N3O4. The lowest BCUT2D eigenvalue weighted by Gasteiger charge is -2.14. The summed E-state index contributed by atoms with van der Waals surface area (Å²) >= 11 is 0. The molecule has 188 valence electrons. The Hall–Kier alpha value is -4.36. The van der Waals surface area contributed by atoms with E-state index >= 15 is 0 Å². The van der Waals surface area contributed by atoms with Crippen molar-refractivity contribution in [3.8, 4) is 28.6 Å². The Balaban J connectivity index is 1.50. The maximum atomic E-state index is 13.4. The molecule has 7 heteroatoms. The highest BCUT2D eigenvalue weighted by atomic mass is 16.5. The first-order chi connectivity index (χ1) is 18.1. The molecule has 0 spiro atoms. The van der Waals surface area contributed by atoms with Crippen LogP contribution in [0.4, 0.5) is 0 Å². The molecule has 0 saturated heterocycles. The molecule has 5 rings (SSSR count). The van der Waals surface area contributed by atoms with E-state index in [1.807, 2.05) is 48.7 Å². The van der Waals surface area contributed by atoms with Crippen molar-refractivity contribution < 1.29 is 14.6 Å².